The Bertz CT molecular complexity index is 913. The predicted octanol–water partition coefficient (Wildman–Crippen LogP) is 3.05. The third-order valence-electron chi connectivity index (χ3n) is 4.67. The van der Waals surface area contributed by atoms with Crippen LogP contribution in [-0.2, 0) is 14.6 Å². The molecular formula is C20H22ClNO5S. The Morgan fingerprint density at radius 1 is 1.11 bits per heavy atom. The summed E-state index contributed by atoms with van der Waals surface area (Å²) >= 11 is 5.84. The minimum Gasteiger partial charge on any atom is -0.491 e. The van der Waals surface area contributed by atoms with Gasteiger partial charge < -0.3 is 14.4 Å². The number of carbonyl (C=O) groups is 1. The number of benzene rings is 2. The molecule has 0 N–H and O–H groups in total. The number of likely N-dealkylation sites (tertiary alicyclic amines) is 1. The number of hydrogen-bond donors (Lipinski definition) is 0. The number of nitrogens with zero attached hydrogens (tertiary/aromatic N) is 1. The fraction of sp³-hybridized carbons (Fsp3) is 0.350. The van der Waals surface area contributed by atoms with Crippen LogP contribution >= 0.6 is 11.6 Å². The molecule has 1 atom stereocenters. The predicted molar refractivity (Wildman–Crippen MR) is 107 cm³/mol. The summed E-state index contributed by atoms with van der Waals surface area (Å²) in [7, 11) is -1.91. The van der Waals surface area contributed by atoms with Gasteiger partial charge in [0.15, 0.2) is 9.84 Å². The molecule has 28 heavy (non-hydrogen) atoms. The highest BCUT2D eigenvalue weighted by atomic mass is 35.5. The van der Waals surface area contributed by atoms with Crippen LogP contribution in [-0.4, -0.2) is 57.9 Å². The molecule has 0 aliphatic carbocycles. The van der Waals surface area contributed by atoms with Crippen molar-refractivity contribution in [3.8, 4) is 5.75 Å². The minimum atomic E-state index is -3.51. The van der Waals surface area contributed by atoms with E-state index >= 15 is 0 Å². The zero-order valence-corrected chi connectivity index (χ0v) is 17.1. The Kier molecular flexibility index (Phi) is 6.59. The molecule has 150 valence electrons. The summed E-state index contributed by atoms with van der Waals surface area (Å²) in [4.78, 5) is 14.5. The summed E-state index contributed by atoms with van der Waals surface area (Å²) in [5, 5.41) is -0.133. The molecule has 1 aliphatic heterocycles. The molecule has 1 heterocycles. The molecule has 3 rings (SSSR count). The molecule has 0 radical (unpaired) electrons. The summed E-state index contributed by atoms with van der Waals surface area (Å²) in [6, 6.07) is 12.9. The molecule has 6 nitrogen and oxygen atoms in total. The number of halogens is 1. The molecule has 0 bridgehead atoms. The fourth-order valence-corrected chi connectivity index (χ4v) is 4.92. The maximum absolute atomic E-state index is 12.8. The number of amides is 1. The molecule has 1 amide bonds. The van der Waals surface area contributed by atoms with Gasteiger partial charge in [0.05, 0.1) is 16.8 Å². The molecule has 1 unspecified atom stereocenters. The third kappa shape index (κ3) is 4.66. The fourth-order valence-electron chi connectivity index (χ4n) is 3.10. The smallest absolute Gasteiger partial charge is 0.253 e. The van der Waals surface area contributed by atoms with E-state index in [9.17, 15) is 13.2 Å². The van der Waals surface area contributed by atoms with Crippen LogP contribution in [0.25, 0.3) is 0 Å². The first kappa shape index (κ1) is 20.6. The average Bonchev–Trinajstić information content (AvgIpc) is 3.20. The van der Waals surface area contributed by atoms with Gasteiger partial charge in [-0.1, -0.05) is 11.6 Å². The monoisotopic (exact) mass is 423 g/mol. The summed E-state index contributed by atoms with van der Waals surface area (Å²) in [6.07, 6.45) is 0.412. The van der Waals surface area contributed by atoms with E-state index in [0.29, 0.717) is 42.5 Å². The van der Waals surface area contributed by atoms with Crippen molar-refractivity contribution in [2.24, 2.45) is 0 Å². The highest BCUT2D eigenvalue weighted by Gasteiger charge is 2.36. The lowest BCUT2D eigenvalue weighted by atomic mass is 10.2. The van der Waals surface area contributed by atoms with Crippen LogP contribution in [0.3, 0.4) is 0 Å². The van der Waals surface area contributed by atoms with Crippen LogP contribution in [0, 0.1) is 0 Å². The van der Waals surface area contributed by atoms with Crippen molar-refractivity contribution in [1.82, 2.24) is 4.90 Å². The lowest BCUT2D eigenvalue weighted by molar-refractivity contribution is 0.0793. The zero-order valence-electron chi connectivity index (χ0n) is 15.5. The summed E-state index contributed by atoms with van der Waals surface area (Å²) in [5.41, 5.74) is 0.503. The second kappa shape index (κ2) is 8.94. The van der Waals surface area contributed by atoms with Gasteiger partial charge in [-0.3, -0.25) is 4.79 Å². The molecule has 2 aromatic rings. The van der Waals surface area contributed by atoms with Crippen LogP contribution in [0.4, 0.5) is 0 Å². The van der Waals surface area contributed by atoms with E-state index in [2.05, 4.69) is 0 Å². The van der Waals surface area contributed by atoms with Crippen LogP contribution in [0.15, 0.2) is 53.4 Å². The van der Waals surface area contributed by atoms with E-state index in [1.807, 2.05) is 0 Å². The second-order valence-corrected chi connectivity index (χ2v) is 9.19. The van der Waals surface area contributed by atoms with Crippen molar-refractivity contribution >= 4 is 27.3 Å². The van der Waals surface area contributed by atoms with E-state index < -0.39 is 15.1 Å². The molecule has 0 spiro atoms. The van der Waals surface area contributed by atoms with Gasteiger partial charge in [-0.05, 0) is 55.0 Å². The van der Waals surface area contributed by atoms with Gasteiger partial charge in [0.1, 0.15) is 12.4 Å². The highest BCUT2D eigenvalue weighted by Crippen LogP contribution is 2.26. The minimum absolute atomic E-state index is 0.176. The van der Waals surface area contributed by atoms with E-state index in [-0.39, 0.29) is 17.3 Å². The Labute approximate surface area is 169 Å². The van der Waals surface area contributed by atoms with Crippen molar-refractivity contribution in [1.29, 1.82) is 0 Å². The molecule has 1 aliphatic rings. The number of rotatable bonds is 7. The quantitative estimate of drug-likeness (QED) is 0.640. The van der Waals surface area contributed by atoms with Crippen LogP contribution in [0.1, 0.15) is 16.8 Å². The molecule has 8 heteroatoms. The summed E-state index contributed by atoms with van der Waals surface area (Å²) in [6.45, 7) is 1.50. The molecule has 1 saturated heterocycles. The Balaban J connectivity index is 1.64. The number of ether oxygens (including phenoxy) is 2. The number of sulfone groups is 1. The average molecular weight is 424 g/mol. The molecular weight excluding hydrogens is 402 g/mol. The van der Waals surface area contributed by atoms with Crippen LogP contribution in [0.2, 0.25) is 5.02 Å². The van der Waals surface area contributed by atoms with Gasteiger partial charge in [-0.25, -0.2) is 8.42 Å². The van der Waals surface area contributed by atoms with Gasteiger partial charge in [0, 0.05) is 30.8 Å². The number of hydrogen-bond acceptors (Lipinski definition) is 5. The topological polar surface area (TPSA) is 72.9 Å². The normalized spacial score (nSPS) is 16.9. The first-order chi connectivity index (χ1) is 13.4. The van der Waals surface area contributed by atoms with Gasteiger partial charge in [0.2, 0.25) is 0 Å². The summed E-state index contributed by atoms with van der Waals surface area (Å²) < 4.78 is 36.0. The zero-order chi connectivity index (χ0) is 20.1. The SMILES string of the molecule is COCCOc1ccc(C(=O)N2CCC(S(=O)(=O)c3ccc(Cl)cc3)C2)cc1. The third-order valence-corrected chi connectivity index (χ3v) is 7.11. The Hall–Kier alpha value is -2.09. The highest BCUT2D eigenvalue weighted by molar-refractivity contribution is 7.92. The van der Waals surface area contributed by atoms with Crippen molar-refractivity contribution in [3.05, 3.63) is 59.1 Å². The molecule has 0 saturated carbocycles. The Morgan fingerprint density at radius 2 is 1.79 bits per heavy atom. The van der Waals surface area contributed by atoms with Crippen LogP contribution < -0.4 is 4.74 Å². The standard InChI is InChI=1S/C20H22ClNO5S/c1-26-12-13-27-17-6-2-15(3-7-17)20(23)22-11-10-19(14-22)28(24,25)18-8-4-16(21)5-9-18/h2-9,19H,10-14H2,1H3. The number of carbonyl (C=O) groups excluding carboxylic acids is 1. The van der Waals surface area contributed by atoms with E-state index in [1.54, 1.807) is 48.4 Å². The first-order valence-electron chi connectivity index (χ1n) is 8.92. The van der Waals surface area contributed by atoms with Crippen LogP contribution in [0.5, 0.6) is 5.75 Å². The molecule has 0 aromatic heterocycles. The van der Waals surface area contributed by atoms with E-state index in [4.69, 9.17) is 21.1 Å². The van der Waals surface area contributed by atoms with Crippen molar-refractivity contribution in [2.45, 2.75) is 16.6 Å². The summed E-state index contributed by atoms with van der Waals surface area (Å²) in [5.74, 6) is 0.468. The molecule has 1 fully saturated rings. The van der Waals surface area contributed by atoms with Gasteiger partial charge in [-0.2, -0.15) is 0 Å². The second-order valence-electron chi connectivity index (χ2n) is 6.53. The lowest BCUT2D eigenvalue weighted by Gasteiger charge is -2.17. The first-order valence-corrected chi connectivity index (χ1v) is 10.8. The van der Waals surface area contributed by atoms with Gasteiger partial charge >= 0.3 is 0 Å². The van der Waals surface area contributed by atoms with Crippen molar-refractivity contribution in [3.63, 3.8) is 0 Å². The van der Waals surface area contributed by atoms with Crippen molar-refractivity contribution in [2.75, 3.05) is 33.4 Å². The van der Waals surface area contributed by atoms with Gasteiger partial charge in [0.25, 0.3) is 5.91 Å². The lowest BCUT2D eigenvalue weighted by Crippen LogP contribution is -2.31. The van der Waals surface area contributed by atoms with E-state index in [0.717, 1.165) is 0 Å². The van der Waals surface area contributed by atoms with Gasteiger partial charge in [-0.15, -0.1) is 0 Å². The largest absolute Gasteiger partial charge is 0.491 e. The maximum atomic E-state index is 12.8. The van der Waals surface area contributed by atoms with Crippen molar-refractivity contribution < 1.29 is 22.7 Å². The number of methoxy groups -OCH3 is 1. The maximum Gasteiger partial charge on any atom is 0.253 e. The van der Waals surface area contributed by atoms with E-state index in [1.165, 1.54) is 12.1 Å². The Morgan fingerprint density at radius 3 is 2.43 bits per heavy atom. The molecule has 2 aromatic carbocycles.